The Bertz CT molecular complexity index is 1060. The molecule has 2 aliphatic rings. The van der Waals surface area contributed by atoms with Crippen molar-refractivity contribution in [2.24, 2.45) is 0 Å². The fourth-order valence-corrected chi connectivity index (χ4v) is 3.89. The van der Waals surface area contributed by atoms with Gasteiger partial charge in [-0.2, -0.15) is 0 Å². The quantitative estimate of drug-likeness (QED) is 0.674. The van der Waals surface area contributed by atoms with Gasteiger partial charge < -0.3 is 25.0 Å². The number of halogens is 1. The highest BCUT2D eigenvalue weighted by molar-refractivity contribution is 5.90. The van der Waals surface area contributed by atoms with Crippen molar-refractivity contribution in [2.75, 3.05) is 54.0 Å². The zero-order valence-electron chi connectivity index (χ0n) is 18.0. The number of aromatic nitrogens is 1. The summed E-state index contributed by atoms with van der Waals surface area (Å²) < 4.78 is 20.2. The molecule has 2 aliphatic heterocycles. The van der Waals surface area contributed by atoms with Gasteiger partial charge in [-0.3, -0.25) is 9.69 Å². The van der Waals surface area contributed by atoms with Gasteiger partial charge in [-0.05, 0) is 30.3 Å². The van der Waals surface area contributed by atoms with E-state index in [2.05, 4.69) is 10.3 Å². The lowest BCUT2D eigenvalue weighted by molar-refractivity contribution is -0.119. The number of carbonyl (C=O) groups is 3. The standard InChI is InChI=1S/C22H24FN5O5/c1-14(29)24-12-17-13-28(22(32)33-17)16-3-4-19(18(23)10-16)26-6-8-27(9-7-26)20-5-2-15(11-25-20)21(30)31/h2-5,10-11,17H,6-9,12-13H2,1H3,(H,24,29)(H,30,31)/t17-/m0/s1. The Hall–Kier alpha value is -3.89. The number of carboxylic acid groups (broad SMARTS) is 1. The zero-order valence-corrected chi connectivity index (χ0v) is 18.0. The highest BCUT2D eigenvalue weighted by Gasteiger charge is 2.33. The number of carboxylic acids is 1. The molecule has 0 unspecified atom stereocenters. The molecule has 1 aromatic carbocycles. The number of nitrogens with zero attached hydrogens (tertiary/aromatic N) is 4. The first kappa shape index (κ1) is 22.3. The molecule has 0 bridgehead atoms. The molecule has 2 saturated heterocycles. The monoisotopic (exact) mass is 457 g/mol. The minimum Gasteiger partial charge on any atom is -0.478 e. The van der Waals surface area contributed by atoms with Crippen molar-refractivity contribution in [1.82, 2.24) is 10.3 Å². The minimum atomic E-state index is -1.02. The number of rotatable bonds is 6. The first-order chi connectivity index (χ1) is 15.8. The smallest absolute Gasteiger partial charge is 0.414 e. The predicted octanol–water partition coefficient (Wildman–Crippen LogP) is 1.71. The Balaban J connectivity index is 1.37. The van der Waals surface area contributed by atoms with Gasteiger partial charge in [0.25, 0.3) is 0 Å². The fraction of sp³-hybridized carbons (Fsp3) is 0.364. The van der Waals surface area contributed by atoms with Crippen LogP contribution in [0.3, 0.4) is 0 Å². The van der Waals surface area contributed by atoms with E-state index < -0.39 is 24.0 Å². The van der Waals surface area contributed by atoms with Crippen LogP contribution < -0.4 is 20.0 Å². The van der Waals surface area contributed by atoms with Gasteiger partial charge in [-0.25, -0.2) is 19.0 Å². The highest BCUT2D eigenvalue weighted by Crippen LogP contribution is 2.29. The van der Waals surface area contributed by atoms with Crippen LogP contribution in [0.25, 0.3) is 0 Å². The second-order valence-electron chi connectivity index (χ2n) is 7.87. The van der Waals surface area contributed by atoms with Crippen LogP contribution in [0.4, 0.5) is 26.4 Å². The van der Waals surface area contributed by atoms with Gasteiger partial charge in [-0.1, -0.05) is 0 Å². The number of nitrogens with one attached hydrogen (secondary N) is 1. The van der Waals surface area contributed by atoms with Crippen molar-refractivity contribution < 1.29 is 28.6 Å². The summed E-state index contributed by atoms with van der Waals surface area (Å²) in [6, 6.07) is 7.83. The molecule has 10 nitrogen and oxygen atoms in total. The molecular formula is C22H24FN5O5. The number of amides is 2. The predicted molar refractivity (Wildman–Crippen MR) is 118 cm³/mol. The van der Waals surface area contributed by atoms with Gasteiger partial charge in [0.05, 0.1) is 30.0 Å². The Morgan fingerprint density at radius 2 is 1.91 bits per heavy atom. The molecular weight excluding hydrogens is 433 g/mol. The molecule has 0 radical (unpaired) electrons. The van der Waals surface area contributed by atoms with Crippen LogP contribution in [0, 0.1) is 5.82 Å². The van der Waals surface area contributed by atoms with E-state index in [0.29, 0.717) is 43.4 Å². The van der Waals surface area contributed by atoms with Crippen molar-refractivity contribution in [3.8, 4) is 0 Å². The van der Waals surface area contributed by atoms with Gasteiger partial charge in [0, 0.05) is 39.3 Å². The Morgan fingerprint density at radius 1 is 1.18 bits per heavy atom. The molecule has 4 rings (SSSR count). The maximum absolute atomic E-state index is 14.9. The summed E-state index contributed by atoms with van der Waals surface area (Å²) in [4.78, 5) is 43.7. The fourth-order valence-electron chi connectivity index (χ4n) is 3.89. The van der Waals surface area contributed by atoms with Crippen molar-refractivity contribution >= 4 is 35.2 Å². The molecule has 2 fully saturated rings. The number of cyclic esters (lactones) is 1. The molecule has 2 amide bonds. The van der Waals surface area contributed by atoms with Crippen molar-refractivity contribution in [3.63, 3.8) is 0 Å². The van der Waals surface area contributed by atoms with Crippen LogP contribution in [0.2, 0.25) is 0 Å². The summed E-state index contributed by atoms with van der Waals surface area (Å²) in [6.45, 7) is 4.13. The molecule has 2 N–H and O–H groups in total. The Kier molecular flexibility index (Phi) is 6.29. The third-order valence-corrected chi connectivity index (χ3v) is 5.63. The van der Waals surface area contributed by atoms with Crippen LogP contribution in [-0.4, -0.2) is 73.4 Å². The number of hydrogen-bond donors (Lipinski definition) is 2. The van der Waals surface area contributed by atoms with E-state index in [-0.39, 0.29) is 24.6 Å². The summed E-state index contributed by atoms with van der Waals surface area (Å²) >= 11 is 0. The summed E-state index contributed by atoms with van der Waals surface area (Å²) in [7, 11) is 0. The van der Waals surface area contributed by atoms with E-state index in [1.165, 1.54) is 30.2 Å². The lowest BCUT2D eigenvalue weighted by Crippen LogP contribution is -2.47. The van der Waals surface area contributed by atoms with Gasteiger partial charge >= 0.3 is 12.1 Å². The van der Waals surface area contributed by atoms with Crippen LogP contribution in [0.5, 0.6) is 0 Å². The second-order valence-corrected chi connectivity index (χ2v) is 7.87. The average molecular weight is 457 g/mol. The first-order valence-corrected chi connectivity index (χ1v) is 10.5. The largest absolute Gasteiger partial charge is 0.478 e. The summed E-state index contributed by atoms with van der Waals surface area (Å²) in [5, 5.41) is 11.6. The normalized spacial score (nSPS) is 18.3. The Labute approximate surface area is 189 Å². The number of pyridine rings is 1. The van der Waals surface area contributed by atoms with Gasteiger partial charge in [0.2, 0.25) is 5.91 Å². The number of aromatic carboxylic acids is 1. The minimum absolute atomic E-state index is 0.128. The van der Waals surface area contributed by atoms with Crippen LogP contribution in [-0.2, 0) is 9.53 Å². The van der Waals surface area contributed by atoms with Gasteiger partial charge in [0.15, 0.2) is 0 Å². The van der Waals surface area contributed by atoms with Crippen molar-refractivity contribution in [2.45, 2.75) is 13.0 Å². The average Bonchev–Trinajstić information content (AvgIpc) is 3.18. The number of hydrogen-bond acceptors (Lipinski definition) is 7. The van der Waals surface area contributed by atoms with Crippen LogP contribution >= 0.6 is 0 Å². The number of benzene rings is 1. The summed E-state index contributed by atoms with van der Waals surface area (Å²) in [6.07, 6.45) is 0.259. The van der Waals surface area contributed by atoms with E-state index in [4.69, 9.17) is 9.84 Å². The number of anilines is 3. The van der Waals surface area contributed by atoms with E-state index in [9.17, 15) is 18.8 Å². The van der Waals surface area contributed by atoms with Crippen LogP contribution in [0.15, 0.2) is 36.5 Å². The maximum Gasteiger partial charge on any atom is 0.414 e. The molecule has 11 heteroatoms. The van der Waals surface area contributed by atoms with E-state index in [1.807, 2.05) is 9.80 Å². The lowest BCUT2D eigenvalue weighted by atomic mass is 10.2. The number of ether oxygens (including phenoxy) is 1. The SMILES string of the molecule is CC(=O)NC[C@H]1CN(c2ccc(N3CCN(c4ccc(C(=O)O)cn4)CC3)c(F)c2)C(=O)O1. The van der Waals surface area contributed by atoms with Crippen molar-refractivity contribution in [3.05, 3.63) is 47.9 Å². The first-order valence-electron chi connectivity index (χ1n) is 10.5. The van der Waals surface area contributed by atoms with Crippen LogP contribution in [0.1, 0.15) is 17.3 Å². The van der Waals surface area contributed by atoms with E-state index >= 15 is 0 Å². The molecule has 0 aliphatic carbocycles. The molecule has 1 atom stereocenters. The topological polar surface area (TPSA) is 115 Å². The Morgan fingerprint density at radius 3 is 2.52 bits per heavy atom. The lowest BCUT2D eigenvalue weighted by Gasteiger charge is -2.37. The summed E-state index contributed by atoms with van der Waals surface area (Å²) in [5.74, 6) is -1.00. The second kappa shape index (κ2) is 9.31. The molecule has 33 heavy (non-hydrogen) atoms. The molecule has 1 aromatic heterocycles. The van der Waals surface area contributed by atoms with Gasteiger partial charge in [-0.15, -0.1) is 0 Å². The molecule has 174 valence electrons. The number of carbonyl (C=O) groups excluding carboxylic acids is 2. The van der Waals surface area contributed by atoms with Crippen molar-refractivity contribution in [1.29, 1.82) is 0 Å². The highest BCUT2D eigenvalue weighted by atomic mass is 19.1. The molecule has 2 aromatic rings. The number of piperazine rings is 1. The van der Waals surface area contributed by atoms with E-state index in [0.717, 1.165) is 0 Å². The molecule has 0 spiro atoms. The maximum atomic E-state index is 14.9. The molecule has 3 heterocycles. The summed E-state index contributed by atoms with van der Waals surface area (Å²) in [5.41, 5.74) is 0.964. The third-order valence-electron chi connectivity index (χ3n) is 5.63. The van der Waals surface area contributed by atoms with Gasteiger partial charge in [0.1, 0.15) is 17.7 Å². The zero-order chi connectivity index (χ0) is 23.5. The third kappa shape index (κ3) is 4.97. The van der Waals surface area contributed by atoms with E-state index in [1.54, 1.807) is 18.2 Å². The molecule has 0 saturated carbocycles.